The number of nitrogens with zero attached hydrogens (tertiary/aromatic N) is 1. The first kappa shape index (κ1) is 18.6. The number of carbonyl (C=O) groups is 2. The van der Waals surface area contributed by atoms with Crippen molar-refractivity contribution in [3.05, 3.63) is 69.8 Å². The van der Waals surface area contributed by atoms with Crippen LogP contribution >= 0.6 is 15.9 Å². The van der Waals surface area contributed by atoms with Gasteiger partial charge in [0, 0.05) is 5.39 Å². The molecular formula is C20H14BrNO5. The van der Waals surface area contributed by atoms with Crippen LogP contribution < -0.4 is 4.74 Å². The third kappa shape index (κ3) is 4.71. The first-order chi connectivity index (χ1) is 12.9. The molecule has 0 atom stereocenters. The molecule has 0 saturated carbocycles. The number of fused-ring (bicyclic) bond motifs is 1. The van der Waals surface area contributed by atoms with Gasteiger partial charge in [0.15, 0.2) is 6.61 Å². The normalized spacial score (nSPS) is 11.0. The summed E-state index contributed by atoms with van der Waals surface area (Å²) in [5.41, 5.74) is 2.55. The predicted molar refractivity (Wildman–Crippen MR) is 105 cm³/mol. The number of pyridine rings is 1. The minimum Gasteiger partial charge on any atom is -0.481 e. The first-order valence-electron chi connectivity index (χ1n) is 7.89. The van der Waals surface area contributed by atoms with Gasteiger partial charge < -0.3 is 14.9 Å². The number of hydrogen-bond acceptors (Lipinski definition) is 4. The van der Waals surface area contributed by atoms with Gasteiger partial charge in [-0.15, -0.1) is 0 Å². The highest BCUT2D eigenvalue weighted by atomic mass is 79.9. The molecule has 1 heterocycles. The highest BCUT2D eigenvalue weighted by molar-refractivity contribution is 9.10. The summed E-state index contributed by atoms with van der Waals surface area (Å²) in [6.45, 7) is -0.404. The lowest BCUT2D eigenvalue weighted by atomic mass is 10.1. The van der Waals surface area contributed by atoms with Crippen molar-refractivity contribution in [2.75, 3.05) is 6.61 Å². The topological polar surface area (TPSA) is 96.7 Å². The van der Waals surface area contributed by atoms with E-state index in [1.165, 1.54) is 6.07 Å². The zero-order chi connectivity index (χ0) is 19.4. The molecule has 1 aromatic heterocycles. The van der Waals surface area contributed by atoms with Crippen molar-refractivity contribution in [1.29, 1.82) is 0 Å². The van der Waals surface area contributed by atoms with Gasteiger partial charge in [-0.25, -0.2) is 14.6 Å². The Morgan fingerprint density at radius 3 is 2.56 bits per heavy atom. The summed E-state index contributed by atoms with van der Waals surface area (Å²) in [5, 5.41) is 18.5. The van der Waals surface area contributed by atoms with Gasteiger partial charge >= 0.3 is 11.9 Å². The molecule has 136 valence electrons. The van der Waals surface area contributed by atoms with Crippen molar-refractivity contribution >= 4 is 50.9 Å². The summed E-state index contributed by atoms with van der Waals surface area (Å²) < 4.78 is 5.82. The Hall–Kier alpha value is -3.19. The van der Waals surface area contributed by atoms with Crippen LogP contribution in [-0.4, -0.2) is 33.7 Å². The van der Waals surface area contributed by atoms with Gasteiger partial charge in [-0.05, 0) is 64.0 Å². The van der Waals surface area contributed by atoms with E-state index in [9.17, 15) is 9.59 Å². The van der Waals surface area contributed by atoms with E-state index in [-0.39, 0.29) is 5.56 Å². The minimum absolute atomic E-state index is 0.225. The van der Waals surface area contributed by atoms with Crippen LogP contribution in [0.3, 0.4) is 0 Å². The molecular weight excluding hydrogens is 414 g/mol. The smallest absolute Gasteiger partial charge is 0.341 e. The van der Waals surface area contributed by atoms with Crippen molar-refractivity contribution in [3.63, 3.8) is 0 Å². The van der Waals surface area contributed by atoms with E-state index in [0.717, 1.165) is 16.6 Å². The van der Waals surface area contributed by atoms with Crippen LogP contribution in [0.4, 0.5) is 0 Å². The molecule has 0 spiro atoms. The average molecular weight is 428 g/mol. The van der Waals surface area contributed by atoms with Crippen molar-refractivity contribution < 1.29 is 24.5 Å². The molecule has 6 nitrogen and oxygen atoms in total. The van der Waals surface area contributed by atoms with Crippen LogP contribution in [0.15, 0.2) is 53.0 Å². The number of aromatic carboxylic acids is 1. The fourth-order valence-corrected chi connectivity index (χ4v) is 2.94. The van der Waals surface area contributed by atoms with Crippen LogP contribution in [0, 0.1) is 0 Å². The molecule has 0 saturated heterocycles. The largest absolute Gasteiger partial charge is 0.481 e. The molecule has 2 aromatic carbocycles. The third-order valence-corrected chi connectivity index (χ3v) is 4.33. The van der Waals surface area contributed by atoms with Gasteiger partial charge in [-0.3, -0.25) is 0 Å². The van der Waals surface area contributed by atoms with E-state index < -0.39 is 18.5 Å². The van der Waals surface area contributed by atoms with Gasteiger partial charge in [0.1, 0.15) is 5.75 Å². The monoisotopic (exact) mass is 427 g/mol. The number of hydrogen-bond donors (Lipinski definition) is 2. The van der Waals surface area contributed by atoms with Gasteiger partial charge in [-0.2, -0.15) is 0 Å². The van der Waals surface area contributed by atoms with Crippen molar-refractivity contribution in [2.24, 2.45) is 0 Å². The van der Waals surface area contributed by atoms with Crippen molar-refractivity contribution in [1.82, 2.24) is 4.98 Å². The summed E-state index contributed by atoms with van der Waals surface area (Å²) in [7, 11) is 0. The number of ether oxygens (including phenoxy) is 1. The van der Waals surface area contributed by atoms with E-state index in [2.05, 4.69) is 20.9 Å². The van der Waals surface area contributed by atoms with Crippen LogP contribution in [0.5, 0.6) is 5.75 Å². The van der Waals surface area contributed by atoms with E-state index in [0.29, 0.717) is 15.7 Å². The number of rotatable bonds is 6. The summed E-state index contributed by atoms with van der Waals surface area (Å²) in [6.07, 6.45) is 3.70. The van der Waals surface area contributed by atoms with Gasteiger partial charge in [0.2, 0.25) is 0 Å². The Morgan fingerprint density at radius 2 is 1.85 bits per heavy atom. The van der Waals surface area contributed by atoms with Crippen molar-refractivity contribution in [3.8, 4) is 5.75 Å². The van der Waals surface area contributed by atoms with Crippen LogP contribution in [0.1, 0.15) is 21.6 Å². The van der Waals surface area contributed by atoms with E-state index in [1.807, 2.05) is 30.4 Å². The molecule has 0 aliphatic heterocycles. The molecule has 0 bridgehead atoms. The molecule has 0 aliphatic carbocycles. The second-order valence-corrected chi connectivity index (χ2v) is 6.51. The van der Waals surface area contributed by atoms with Crippen LogP contribution in [-0.2, 0) is 4.79 Å². The Labute approximate surface area is 162 Å². The van der Waals surface area contributed by atoms with Gasteiger partial charge in [0.05, 0.1) is 21.2 Å². The Morgan fingerprint density at radius 1 is 1.04 bits per heavy atom. The summed E-state index contributed by atoms with van der Waals surface area (Å²) in [4.78, 5) is 26.1. The third-order valence-electron chi connectivity index (χ3n) is 3.71. The SMILES string of the molecule is O=C(O)COc1ccc(/C=C/c2ccc3cc(C(=O)O)ccc3n2)cc1Br. The highest BCUT2D eigenvalue weighted by Crippen LogP contribution is 2.27. The second-order valence-electron chi connectivity index (χ2n) is 5.65. The quantitative estimate of drug-likeness (QED) is 0.607. The number of aromatic nitrogens is 1. The van der Waals surface area contributed by atoms with Gasteiger partial charge in [0.25, 0.3) is 0 Å². The Kier molecular flexibility index (Phi) is 5.52. The molecule has 0 aliphatic rings. The van der Waals surface area contributed by atoms with Crippen LogP contribution in [0.25, 0.3) is 23.1 Å². The molecule has 0 fully saturated rings. The molecule has 0 amide bonds. The number of benzene rings is 2. The van der Waals surface area contributed by atoms with Gasteiger partial charge in [-0.1, -0.05) is 18.2 Å². The lowest BCUT2D eigenvalue weighted by molar-refractivity contribution is -0.139. The van der Waals surface area contributed by atoms with Crippen LogP contribution in [0.2, 0.25) is 0 Å². The lowest BCUT2D eigenvalue weighted by Gasteiger charge is -2.06. The van der Waals surface area contributed by atoms with E-state index in [1.54, 1.807) is 24.3 Å². The molecule has 0 unspecified atom stereocenters. The summed E-state index contributed by atoms with van der Waals surface area (Å²) in [6, 6.07) is 13.7. The second kappa shape index (κ2) is 8.01. The maximum absolute atomic E-state index is 11.0. The lowest BCUT2D eigenvalue weighted by Crippen LogP contribution is -2.09. The Balaban J connectivity index is 1.79. The summed E-state index contributed by atoms with van der Waals surface area (Å²) in [5.74, 6) is -1.56. The number of aliphatic carboxylic acids is 1. The molecule has 3 aromatic rings. The predicted octanol–water partition coefficient (Wildman–Crippen LogP) is 4.33. The van der Waals surface area contributed by atoms with E-state index in [4.69, 9.17) is 14.9 Å². The van der Waals surface area contributed by atoms with E-state index >= 15 is 0 Å². The highest BCUT2D eigenvalue weighted by Gasteiger charge is 2.06. The zero-order valence-corrected chi connectivity index (χ0v) is 15.5. The number of carboxylic acid groups (broad SMARTS) is 2. The maximum atomic E-state index is 11.0. The maximum Gasteiger partial charge on any atom is 0.341 e. The fraction of sp³-hybridized carbons (Fsp3) is 0.0500. The fourth-order valence-electron chi connectivity index (χ4n) is 2.43. The molecule has 3 rings (SSSR count). The molecule has 27 heavy (non-hydrogen) atoms. The van der Waals surface area contributed by atoms with Crippen molar-refractivity contribution in [2.45, 2.75) is 0 Å². The zero-order valence-electron chi connectivity index (χ0n) is 13.9. The standard InChI is InChI=1S/C20H14BrNO5/c21-16-9-12(2-8-18(16)27-11-19(23)24)1-5-15-6-3-13-10-14(20(25)26)4-7-17(13)22-15/h1-10H,11H2,(H,23,24)(H,25,26)/b5-1+. The molecule has 2 N–H and O–H groups in total. The molecule has 0 radical (unpaired) electrons. The Bertz CT molecular complexity index is 1060. The first-order valence-corrected chi connectivity index (χ1v) is 8.68. The average Bonchev–Trinajstić information content (AvgIpc) is 2.64. The number of halogens is 1. The number of carboxylic acids is 2. The molecule has 7 heteroatoms. The summed E-state index contributed by atoms with van der Waals surface area (Å²) >= 11 is 3.36. The minimum atomic E-state index is -1.04.